The largest absolute Gasteiger partial charge is 0.298 e. The number of hydrogen-bond donors (Lipinski definition) is 1. The zero-order chi connectivity index (χ0) is 16.4. The summed E-state index contributed by atoms with van der Waals surface area (Å²) in [7, 11) is 0. The quantitative estimate of drug-likeness (QED) is 0.520. The van der Waals surface area contributed by atoms with E-state index in [2.05, 4.69) is 10.3 Å². The van der Waals surface area contributed by atoms with Crippen molar-refractivity contribution < 1.29 is 18.5 Å². The van der Waals surface area contributed by atoms with E-state index in [-0.39, 0.29) is 5.13 Å². The first-order valence-electron chi connectivity index (χ1n) is 5.79. The summed E-state index contributed by atoms with van der Waals surface area (Å²) in [6, 6.07) is 0.878. The van der Waals surface area contributed by atoms with Gasteiger partial charge >= 0.3 is 0 Å². The summed E-state index contributed by atoms with van der Waals surface area (Å²) in [5.74, 6) is -3.65. The number of nitro benzene ring substituents is 1. The van der Waals surface area contributed by atoms with E-state index in [4.69, 9.17) is 0 Å². The zero-order valence-electron chi connectivity index (χ0n) is 11.3. The number of rotatable bonds is 4. The Kier molecular flexibility index (Phi) is 4.71. The Bertz CT molecular complexity index is 764. The van der Waals surface area contributed by atoms with Crippen LogP contribution < -0.4 is 5.32 Å². The second kappa shape index (κ2) is 6.36. The van der Waals surface area contributed by atoms with Crippen LogP contribution in [0.15, 0.2) is 16.3 Å². The van der Waals surface area contributed by atoms with E-state index in [0.29, 0.717) is 17.8 Å². The molecule has 0 fully saturated rings. The molecule has 6 nitrogen and oxygen atoms in total. The second-order valence-corrected chi connectivity index (χ2v) is 6.16. The van der Waals surface area contributed by atoms with Gasteiger partial charge in [-0.1, -0.05) is 11.3 Å². The number of thioether (sulfide) groups is 1. The summed E-state index contributed by atoms with van der Waals surface area (Å²) in [5, 5.41) is 13.5. The van der Waals surface area contributed by atoms with Gasteiger partial charge in [-0.05, 0) is 19.2 Å². The highest BCUT2D eigenvalue weighted by Gasteiger charge is 2.24. The number of nitrogens with one attached hydrogen (secondary N) is 1. The van der Waals surface area contributed by atoms with Gasteiger partial charge in [-0.25, -0.2) is 13.8 Å². The van der Waals surface area contributed by atoms with E-state index >= 15 is 0 Å². The number of benzene rings is 1. The molecule has 2 aromatic rings. The smallest absolute Gasteiger partial charge is 0.285 e. The van der Waals surface area contributed by atoms with Crippen LogP contribution in [0, 0.1) is 28.7 Å². The Morgan fingerprint density at radius 3 is 2.59 bits per heavy atom. The van der Waals surface area contributed by atoms with Gasteiger partial charge in [0.25, 0.3) is 11.6 Å². The van der Waals surface area contributed by atoms with E-state index in [1.54, 1.807) is 6.92 Å². The number of aryl methyl sites for hydroxylation is 1. The molecule has 22 heavy (non-hydrogen) atoms. The number of carbonyl (C=O) groups is 1. The van der Waals surface area contributed by atoms with E-state index < -0.39 is 33.7 Å². The molecule has 0 unspecified atom stereocenters. The van der Waals surface area contributed by atoms with Gasteiger partial charge in [-0.3, -0.25) is 20.2 Å². The third-order valence-electron chi connectivity index (χ3n) is 2.64. The van der Waals surface area contributed by atoms with Crippen molar-refractivity contribution in [1.29, 1.82) is 0 Å². The van der Waals surface area contributed by atoms with Crippen LogP contribution in [0.4, 0.5) is 19.6 Å². The molecule has 0 saturated heterocycles. The summed E-state index contributed by atoms with van der Waals surface area (Å²) < 4.78 is 27.2. The van der Waals surface area contributed by atoms with Crippen molar-refractivity contribution in [3.8, 4) is 0 Å². The Hall–Kier alpha value is -2.07. The maximum atomic E-state index is 13.3. The number of aromatic nitrogens is 1. The van der Waals surface area contributed by atoms with Crippen LogP contribution in [-0.2, 0) is 0 Å². The van der Waals surface area contributed by atoms with Gasteiger partial charge in [0, 0.05) is 0 Å². The first-order chi connectivity index (χ1) is 10.3. The lowest BCUT2D eigenvalue weighted by atomic mass is 10.1. The Morgan fingerprint density at radius 2 is 2.05 bits per heavy atom. The molecule has 1 N–H and O–H groups in total. The van der Waals surface area contributed by atoms with Gasteiger partial charge in [0.05, 0.1) is 20.9 Å². The van der Waals surface area contributed by atoms with Crippen molar-refractivity contribution in [1.82, 2.24) is 4.98 Å². The van der Waals surface area contributed by atoms with Crippen LogP contribution in [0.3, 0.4) is 0 Å². The van der Waals surface area contributed by atoms with Crippen LogP contribution in [0.5, 0.6) is 0 Å². The fourth-order valence-electron chi connectivity index (χ4n) is 1.66. The van der Waals surface area contributed by atoms with E-state index in [9.17, 15) is 23.7 Å². The zero-order valence-corrected chi connectivity index (χ0v) is 13.0. The minimum atomic E-state index is -1.39. The number of hydrogen-bond acceptors (Lipinski definition) is 6. The van der Waals surface area contributed by atoms with Crippen LogP contribution in [0.25, 0.3) is 0 Å². The number of thiazole rings is 1. The van der Waals surface area contributed by atoms with Gasteiger partial charge in [-0.2, -0.15) is 0 Å². The lowest BCUT2D eigenvalue weighted by Gasteiger charge is -2.04. The predicted molar refractivity (Wildman–Crippen MR) is 79.6 cm³/mol. The second-order valence-electron chi connectivity index (χ2n) is 4.09. The fourth-order valence-corrected chi connectivity index (χ4v) is 3.27. The van der Waals surface area contributed by atoms with Gasteiger partial charge in [-0.15, -0.1) is 11.8 Å². The first-order valence-corrected chi connectivity index (χ1v) is 7.83. The molecule has 116 valence electrons. The predicted octanol–water partition coefficient (Wildman–Crippen LogP) is 3.61. The molecule has 0 aliphatic heterocycles. The summed E-state index contributed by atoms with van der Waals surface area (Å²) in [5.41, 5.74) is -0.676. The number of amides is 1. The monoisotopic (exact) mass is 345 g/mol. The van der Waals surface area contributed by atoms with Crippen molar-refractivity contribution >= 4 is 39.8 Å². The van der Waals surface area contributed by atoms with Crippen molar-refractivity contribution in [3.05, 3.63) is 45.1 Å². The standard InChI is InChI=1S/C12H9F2N3O3S2/c1-5-11(21-2)22-12(15-5)16-10(18)6-3-7(13)8(14)4-9(6)17(19)20/h3-4H,1-2H3,(H,15,16,18). The summed E-state index contributed by atoms with van der Waals surface area (Å²) in [4.78, 5) is 26.1. The number of carbonyl (C=O) groups excluding carboxylic acids is 1. The summed E-state index contributed by atoms with van der Waals surface area (Å²) >= 11 is 2.62. The fraction of sp³-hybridized carbons (Fsp3) is 0.167. The van der Waals surface area contributed by atoms with Crippen molar-refractivity contribution in [2.45, 2.75) is 11.1 Å². The van der Waals surface area contributed by atoms with E-state index in [0.717, 1.165) is 4.21 Å². The number of nitro groups is 1. The van der Waals surface area contributed by atoms with Crippen LogP contribution >= 0.6 is 23.1 Å². The maximum Gasteiger partial charge on any atom is 0.285 e. The first kappa shape index (κ1) is 16.3. The molecule has 1 aromatic carbocycles. The average Bonchev–Trinajstić information content (AvgIpc) is 2.80. The lowest BCUT2D eigenvalue weighted by molar-refractivity contribution is -0.385. The number of nitrogens with zero attached hydrogens (tertiary/aromatic N) is 2. The summed E-state index contributed by atoms with van der Waals surface area (Å²) in [6.45, 7) is 1.75. The number of halogens is 2. The Labute approximate surface area is 131 Å². The Balaban J connectivity index is 2.36. The van der Waals surface area contributed by atoms with Crippen LogP contribution in [0.1, 0.15) is 16.1 Å². The maximum absolute atomic E-state index is 13.3. The number of anilines is 1. The molecule has 0 aliphatic carbocycles. The molecule has 10 heteroatoms. The molecule has 1 amide bonds. The van der Waals surface area contributed by atoms with Crippen molar-refractivity contribution in [2.24, 2.45) is 0 Å². The van der Waals surface area contributed by atoms with E-state index in [1.165, 1.54) is 23.1 Å². The summed E-state index contributed by atoms with van der Waals surface area (Å²) in [6.07, 6.45) is 1.84. The Morgan fingerprint density at radius 1 is 1.41 bits per heavy atom. The lowest BCUT2D eigenvalue weighted by Crippen LogP contribution is -2.14. The third-order valence-corrected chi connectivity index (χ3v) is 4.92. The minimum Gasteiger partial charge on any atom is -0.298 e. The normalized spacial score (nSPS) is 10.5. The van der Waals surface area contributed by atoms with Gasteiger partial charge < -0.3 is 0 Å². The highest BCUT2D eigenvalue weighted by atomic mass is 32.2. The molecule has 1 aromatic heterocycles. The van der Waals surface area contributed by atoms with Gasteiger partial charge in [0.1, 0.15) is 5.56 Å². The molecule has 0 spiro atoms. The topological polar surface area (TPSA) is 85.1 Å². The van der Waals surface area contributed by atoms with Crippen LogP contribution in [0.2, 0.25) is 0 Å². The SMILES string of the molecule is CSc1sc(NC(=O)c2cc(F)c(F)cc2[N+](=O)[O-])nc1C. The average molecular weight is 345 g/mol. The highest BCUT2D eigenvalue weighted by Crippen LogP contribution is 2.31. The molecule has 0 aliphatic rings. The molecule has 2 rings (SSSR count). The van der Waals surface area contributed by atoms with Crippen molar-refractivity contribution in [3.63, 3.8) is 0 Å². The van der Waals surface area contributed by atoms with Crippen molar-refractivity contribution in [2.75, 3.05) is 11.6 Å². The molecular formula is C12H9F2N3O3S2. The molecule has 0 bridgehead atoms. The van der Waals surface area contributed by atoms with Gasteiger partial charge in [0.2, 0.25) is 0 Å². The molecule has 0 atom stereocenters. The molecule has 0 saturated carbocycles. The van der Waals surface area contributed by atoms with Gasteiger partial charge in [0.15, 0.2) is 16.8 Å². The molecule has 1 heterocycles. The van der Waals surface area contributed by atoms with E-state index in [1.807, 2.05) is 6.26 Å². The highest BCUT2D eigenvalue weighted by molar-refractivity contribution is 8.00. The molecular weight excluding hydrogens is 336 g/mol. The molecule has 0 radical (unpaired) electrons. The minimum absolute atomic E-state index is 0.228. The third kappa shape index (κ3) is 3.22. The van der Waals surface area contributed by atoms with Crippen LogP contribution in [-0.4, -0.2) is 22.1 Å².